The number of rotatable bonds is 2. The van der Waals surface area contributed by atoms with Gasteiger partial charge in [0.2, 0.25) is 0 Å². The zero-order valence-corrected chi connectivity index (χ0v) is 15.8. The number of amides is 1. The van der Waals surface area contributed by atoms with Gasteiger partial charge in [-0.25, -0.2) is 0 Å². The van der Waals surface area contributed by atoms with Crippen molar-refractivity contribution in [2.24, 2.45) is 0 Å². The first kappa shape index (κ1) is 16.6. The minimum Gasteiger partial charge on any atom is -0.368 e. The van der Waals surface area contributed by atoms with Crippen LogP contribution in [-0.4, -0.2) is 37.0 Å². The smallest absolute Gasteiger partial charge is 0.255 e. The highest BCUT2D eigenvalue weighted by molar-refractivity contribution is 14.1. The lowest BCUT2D eigenvalue weighted by Gasteiger charge is -2.36. The van der Waals surface area contributed by atoms with Crippen LogP contribution in [-0.2, 0) is 0 Å². The number of piperazine rings is 1. The molecule has 3 nitrogen and oxygen atoms in total. The van der Waals surface area contributed by atoms with Crippen molar-refractivity contribution in [1.29, 1.82) is 0 Å². The van der Waals surface area contributed by atoms with Crippen LogP contribution in [0.15, 0.2) is 42.5 Å². The molecule has 3 rings (SSSR count). The molecule has 1 saturated heterocycles. The molecule has 120 valence electrons. The molecule has 0 radical (unpaired) electrons. The van der Waals surface area contributed by atoms with Crippen LogP contribution in [0, 0.1) is 10.5 Å². The van der Waals surface area contributed by atoms with E-state index in [-0.39, 0.29) is 5.91 Å². The van der Waals surface area contributed by atoms with Gasteiger partial charge in [-0.1, -0.05) is 29.3 Å². The van der Waals surface area contributed by atoms with E-state index in [1.807, 2.05) is 42.2 Å². The normalized spacial score (nSPS) is 14.9. The predicted molar refractivity (Wildman–Crippen MR) is 103 cm³/mol. The van der Waals surface area contributed by atoms with Crippen LogP contribution in [0.25, 0.3) is 0 Å². The summed E-state index contributed by atoms with van der Waals surface area (Å²) in [4.78, 5) is 16.9. The number of benzene rings is 2. The average molecular weight is 441 g/mol. The molecular weight excluding hydrogens is 423 g/mol. The first-order valence-electron chi connectivity index (χ1n) is 7.60. The van der Waals surface area contributed by atoms with Crippen molar-refractivity contribution < 1.29 is 4.79 Å². The van der Waals surface area contributed by atoms with Gasteiger partial charge in [0.1, 0.15) is 0 Å². The summed E-state index contributed by atoms with van der Waals surface area (Å²) in [6, 6.07) is 13.9. The molecule has 0 atom stereocenters. The summed E-state index contributed by atoms with van der Waals surface area (Å²) in [6.45, 7) is 5.16. The van der Waals surface area contributed by atoms with Gasteiger partial charge < -0.3 is 9.80 Å². The molecule has 5 heteroatoms. The van der Waals surface area contributed by atoms with Gasteiger partial charge in [-0.2, -0.15) is 0 Å². The van der Waals surface area contributed by atoms with E-state index in [9.17, 15) is 4.79 Å². The topological polar surface area (TPSA) is 23.6 Å². The Morgan fingerprint density at radius 3 is 2.48 bits per heavy atom. The lowest BCUT2D eigenvalue weighted by atomic mass is 10.1. The number of anilines is 1. The summed E-state index contributed by atoms with van der Waals surface area (Å²) in [5, 5.41) is 0.746. The molecule has 0 saturated carbocycles. The van der Waals surface area contributed by atoms with Gasteiger partial charge in [-0.15, -0.1) is 0 Å². The van der Waals surface area contributed by atoms with Crippen molar-refractivity contribution in [2.75, 3.05) is 31.1 Å². The van der Waals surface area contributed by atoms with E-state index in [1.54, 1.807) is 0 Å². The van der Waals surface area contributed by atoms with Gasteiger partial charge in [-0.3, -0.25) is 4.79 Å². The monoisotopic (exact) mass is 440 g/mol. The lowest BCUT2D eigenvalue weighted by Crippen LogP contribution is -2.49. The van der Waals surface area contributed by atoms with Crippen molar-refractivity contribution in [3.8, 4) is 0 Å². The van der Waals surface area contributed by atoms with E-state index in [4.69, 9.17) is 11.6 Å². The van der Waals surface area contributed by atoms with Crippen molar-refractivity contribution in [3.63, 3.8) is 0 Å². The number of aryl methyl sites for hydroxylation is 1. The summed E-state index contributed by atoms with van der Waals surface area (Å²) in [6.07, 6.45) is 0. The van der Waals surface area contributed by atoms with Crippen molar-refractivity contribution >= 4 is 45.8 Å². The molecule has 2 aromatic carbocycles. The molecule has 1 aliphatic rings. The van der Waals surface area contributed by atoms with Crippen LogP contribution in [0.4, 0.5) is 5.69 Å². The SMILES string of the molecule is Cc1ccc(C(=O)N2CCN(c3cccc(Cl)c3)CC2)c(I)c1. The van der Waals surface area contributed by atoms with Gasteiger partial charge in [0, 0.05) is 40.5 Å². The molecule has 2 aromatic rings. The summed E-state index contributed by atoms with van der Waals surface area (Å²) < 4.78 is 1.02. The van der Waals surface area contributed by atoms with Crippen molar-refractivity contribution in [3.05, 3.63) is 62.2 Å². The van der Waals surface area contributed by atoms with E-state index < -0.39 is 0 Å². The van der Waals surface area contributed by atoms with E-state index in [1.165, 1.54) is 5.56 Å². The highest BCUT2D eigenvalue weighted by Crippen LogP contribution is 2.22. The fourth-order valence-electron chi connectivity index (χ4n) is 2.80. The average Bonchev–Trinajstić information content (AvgIpc) is 2.54. The van der Waals surface area contributed by atoms with Gasteiger partial charge >= 0.3 is 0 Å². The molecule has 1 fully saturated rings. The third kappa shape index (κ3) is 3.80. The zero-order valence-electron chi connectivity index (χ0n) is 12.9. The third-order valence-electron chi connectivity index (χ3n) is 4.10. The van der Waals surface area contributed by atoms with Gasteiger partial charge in [-0.05, 0) is 59.8 Å². The Hall–Kier alpha value is -1.27. The molecule has 0 bridgehead atoms. The van der Waals surface area contributed by atoms with E-state index in [0.717, 1.165) is 46.0 Å². The second-order valence-corrected chi connectivity index (χ2v) is 7.34. The number of hydrogen-bond donors (Lipinski definition) is 0. The van der Waals surface area contributed by atoms with Crippen LogP contribution < -0.4 is 4.90 Å². The summed E-state index contributed by atoms with van der Waals surface area (Å²) in [7, 11) is 0. The Labute approximate surface area is 155 Å². The quantitative estimate of drug-likeness (QED) is 0.653. The van der Waals surface area contributed by atoms with Crippen LogP contribution in [0.1, 0.15) is 15.9 Å². The van der Waals surface area contributed by atoms with E-state index in [0.29, 0.717) is 0 Å². The highest BCUT2D eigenvalue weighted by atomic mass is 127. The van der Waals surface area contributed by atoms with Crippen LogP contribution in [0.5, 0.6) is 0 Å². The van der Waals surface area contributed by atoms with Gasteiger partial charge in [0.05, 0.1) is 5.56 Å². The first-order chi connectivity index (χ1) is 11.0. The minimum absolute atomic E-state index is 0.125. The summed E-state index contributed by atoms with van der Waals surface area (Å²) >= 11 is 8.30. The van der Waals surface area contributed by atoms with Crippen LogP contribution in [0.2, 0.25) is 5.02 Å². The van der Waals surface area contributed by atoms with Crippen molar-refractivity contribution in [1.82, 2.24) is 4.90 Å². The standard InChI is InChI=1S/C18H18ClIN2O/c1-13-5-6-16(17(20)11-13)18(23)22-9-7-21(8-10-22)15-4-2-3-14(19)12-15/h2-6,11-12H,7-10H2,1H3. The Balaban J connectivity index is 1.68. The molecular formula is C18H18ClIN2O. The maximum atomic E-state index is 12.7. The molecule has 0 aromatic heterocycles. The number of hydrogen-bond acceptors (Lipinski definition) is 2. The van der Waals surface area contributed by atoms with Gasteiger partial charge in [0.15, 0.2) is 0 Å². The van der Waals surface area contributed by atoms with Gasteiger partial charge in [0.25, 0.3) is 5.91 Å². The number of halogens is 2. The first-order valence-corrected chi connectivity index (χ1v) is 9.06. The maximum absolute atomic E-state index is 12.7. The molecule has 0 aliphatic carbocycles. The Kier molecular flexibility index (Phi) is 5.11. The molecule has 0 spiro atoms. The molecule has 1 heterocycles. The summed E-state index contributed by atoms with van der Waals surface area (Å²) in [5.41, 5.74) is 3.10. The van der Waals surface area contributed by atoms with Crippen LogP contribution in [0.3, 0.4) is 0 Å². The third-order valence-corrected chi connectivity index (χ3v) is 5.22. The number of nitrogens with zero attached hydrogens (tertiary/aromatic N) is 2. The molecule has 0 unspecified atom stereocenters. The fourth-order valence-corrected chi connectivity index (χ4v) is 3.89. The molecule has 23 heavy (non-hydrogen) atoms. The Morgan fingerprint density at radius 2 is 1.83 bits per heavy atom. The number of carbonyl (C=O) groups excluding carboxylic acids is 1. The zero-order chi connectivity index (χ0) is 16.4. The lowest BCUT2D eigenvalue weighted by molar-refractivity contribution is 0.0745. The Bertz CT molecular complexity index is 727. The maximum Gasteiger partial charge on any atom is 0.255 e. The summed E-state index contributed by atoms with van der Waals surface area (Å²) in [5.74, 6) is 0.125. The second kappa shape index (κ2) is 7.09. The van der Waals surface area contributed by atoms with Crippen LogP contribution >= 0.6 is 34.2 Å². The van der Waals surface area contributed by atoms with E-state index >= 15 is 0 Å². The van der Waals surface area contributed by atoms with Crippen molar-refractivity contribution in [2.45, 2.75) is 6.92 Å². The predicted octanol–water partition coefficient (Wildman–Crippen LogP) is 4.22. The molecule has 1 amide bonds. The highest BCUT2D eigenvalue weighted by Gasteiger charge is 2.23. The number of carbonyl (C=O) groups is 1. The largest absolute Gasteiger partial charge is 0.368 e. The Morgan fingerprint density at radius 1 is 1.09 bits per heavy atom. The molecule has 0 N–H and O–H groups in total. The second-order valence-electron chi connectivity index (χ2n) is 5.74. The van der Waals surface area contributed by atoms with E-state index in [2.05, 4.69) is 39.6 Å². The fraction of sp³-hybridized carbons (Fsp3) is 0.278. The minimum atomic E-state index is 0.125. The molecule has 1 aliphatic heterocycles.